The lowest BCUT2D eigenvalue weighted by Crippen LogP contribution is -2.38. The third kappa shape index (κ3) is 6.00. The number of piperidine rings is 1. The van der Waals surface area contributed by atoms with Crippen LogP contribution in [0.15, 0.2) is 54.9 Å². The molecule has 6 rings (SSSR count). The van der Waals surface area contributed by atoms with Crippen LogP contribution < -0.4 is 20.1 Å². The van der Waals surface area contributed by atoms with Crippen LogP contribution in [0.4, 0.5) is 20.4 Å². The SMILES string of the molecule is Cc1ccc2c(NS(=O)(=O)CC3CC3(C)F)c(F)ccc2c1Oc1ncccc1-c1ccnc(N[C@H]2CCCNC2)n1. The Morgan fingerprint density at radius 3 is 2.69 bits per heavy atom. The molecule has 4 aromatic rings. The topological polar surface area (TPSA) is 118 Å². The number of alkyl halides is 1. The maximum absolute atomic E-state index is 15.0. The number of fused-ring (bicyclic) bond motifs is 1. The van der Waals surface area contributed by atoms with Crippen LogP contribution >= 0.6 is 0 Å². The van der Waals surface area contributed by atoms with Gasteiger partial charge < -0.3 is 15.4 Å². The molecule has 0 radical (unpaired) electrons. The second kappa shape index (κ2) is 11.1. The third-order valence-electron chi connectivity index (χ3n) is 7.84. The van der Waals surface area contributed by atoms with Gasteiger partial charge in [-0.25, -0.2) is 32.2 Å². The zero-order valence-electron chi connectivity index (χ0n) is 23.3. The maximum Gasteiger partial charge on any atom is 0.233 e. The standard InChI is InChI=1S/C30H32F2N6O3S/c1-18-7-8-21-22(9-10-24(31)26(21)38-42(39,40)17-19-15-30(19,2)32)27(18)41-28-23(6-4-13-34-28)25-11-14-35-29(37-25)36-20-5-3-12-33-16-20/h4,6-11,13-14,19-20,33,38H,3,5,12,15-17H2,1-2H3,(H,35,36,37)/t19?,20-,30?/m0/s1. The Labute approximate surface area is 243 Å². The van der Waals surface area contributed by atoms with Crippen LogP contribution in [0.3, 0.4) is 0 Å². The number of nitrogens with zero attached hydrogens (tertiary/aromatic N) is 3. The number of pyridine rings is 1. The number of ether oxygens (including phenoxy) is 1. The first-order valence-corrected chi connectivity index (χ1v) is 15.6. The van der Waals surface area contributed by atoms with Crippen molar-refractivity contribution < 1.29 is 21.9 Å². The van der Waals surface area contributed by atoms with Gasteiger partial charge in [0.05, 0.1) is 22.7 Å². The normalized spacial score (nSPS) is 22.1. The smallest absolute Gasteiger partial charge is 0.233 e. The summed E-state index contributed by atoms with van der Waals surface area (Å²) in [5.41, 5.74) is 0.252. The third-order valence-corrected chi connectivity index (χ3v) is 9.20. The lowest BCUT2D eigenvalue weighted by molar-refractivity contribution is 0.315. The van der Waals surface area contributed by atoms with Crippen LogP contribution in [-0.2, 0) is 10.0 Å². The monoisotopic (exact) mass is 594 g/mol. The van der Waals surface area contributed by atoms with E-state index in [1.54, 1.807) is 36.7 Å². The summed E-state index contributed by atoms with van der Waals surface area (Å²) in [7, 11) is -4.00. The molecule has 0 bridgehead atoms. The Morgan fingerprint density at radius 1 is 1.12 bits per heavy atom. The largest absolute Gasteiger partial charge is 0.437 e. The van der Waals surface area contributed by atoms with Gasteiger partial charge in [0.1, 0.15) is 17.2 Å². The first kappa shape index (κ1) is 28.2. The minimum absolute atomic E-state index is 0.164. The second-order valence-corrected chi connectivity index (χ2v) is 13.0. The van der Waals surface area contributed by atoms with E-state index in [0.717, 1.165) is 31.5 Å². The second-order valence-electron chi connectivity index (χ2n) is 11.2. The number of anilines is 2. The van der Waals surface area contributed by atoms with Gasteiger partial charge in [-0.3, -0.25) is 4.72 Å². The van der Waals surface area contributed by atoms with Crippen molar-refractivity contribution in [2.24, 2.45) is 5.92 Å². The molecule has 2 aromatic heterocycles. The molecule has 1 saturated carbocycles. The van der Waals surface area contributed by atoms with Crippen LogP contribution in [0, 0.1) is 18.7 Å². The van der Waals surface area contributed by atoms with Crippen molar-refractivity contribution in [1.29, 1.82) is 0 Å². The quantitative estimate of drug-likeness (QED) is 0.230. The number of benzene rings is 2. The molecule has 9 nitrogen and oxygen atoms in total. The maximum atomic E-state index is 15.0. The van der Waals surface area contributed by atoms with Gasteiger partial charge >= 0.3 is 0 Å². The summed E-state index contributed by atoms with van der Waals surface area (Å²) in [5.74, 6) is -0.605. The molecule has 2 fully saturated rings. The molecule has 3 atom stereocenters. The Kier molecular flexibility index (Phi) is 7.44. The first-order valence-electron chi connectivity index (χ1n) is 13.9. The summed E-state index contributed by atoms with van der Waals surface area (Å²) >= 11 is 0. The molecule has 220 valence electrons. The van der Waals surface area contributed by atoms with E-state index in [-0.39, 0.29) is 24.0 Å². The molecule has 0 amide bonds. The van der Waals surface area contributed by atoms with Crippen molar-refractivity contribution >= 4 is 32.4 Å². The van der Waals surface area contributed by atoms with Crippen molar-refractivity contribution in [3.63, 3.8) is 0 Å². The highest BCUT2D eigenvalue weighted by atomic mass is 32.2. The first-order chi connectivity index (χ1) is 20.1. The summed E-state index contributed by atoms with van der Waals surface area (Å²) in [5, 5.41) is 7.55. The van der Waals surface area contributed by atoms with Gasteiger partial charge in [0.2, 0.25) is 21.9 Å². The van der Waals surface area contributed by atoms with E-state index in [2.05, 4.69) is 25.3 Å². The van der Waals surface area contributed by atoms with Crippen LogP contribution in [0.2, 0.25) is 0 Å². The van der Waals surface area contributed by atoms with E-state index in [0.29, 0.717) is 33.7 Å². The van der Waals surface area contributed by atoms with Gasteiger partial charge in [-0.15, -0.1) is 0 Å². The van der Waals surface area contributed by atoms with Gasteiger partial charge in [0.25, 0.3) is 0 Å². The molecule has 2 aliphatic rings. The van der Waals surface area contributed by atoms with Gasteiger partial charge in [0.15, 0.2) is 0 Å². The number of aryl methyl sites for hydroxylation is 1. The van der Waals surface area contributed by atoms with Gasteiger partial charge in [-0.1, -0.05) is 12.1 Å². The summed E-state index contributed by atoms with van der Waals surface area (Å²) < 4.78 is 63.5. The van der Waals surface area contributed by atoms with E-state index in [4.69, 9.17) is 9.72 Å². The molecule has 1 aliphatic carbocycles. The molecule has 12 heteroatoms. The number of rotatable bonds is 9. The number of halogens is 2. The summed E-state index contributed by atoms with van der Waals surface area (Å²) in [6, 6.07) is 11.7. The number of aromatic nitrogens is 3. The lowest BCUT2D eigenvalue weighted by atomic mass is 10.0. The molecular weight excluding hydrogens is 562 g/mol. The highest BCUT2D eigenvalue weighted by Crippen LogP contribution is 2.48. The zero-order chi connectivity index (χ0) is 29.5. The summed E-state index contributed by atoms with van der Waals surface area (Å²) in [4.78, 5) is 13.5. The molecule has 1 aliphatic heterocycles. The number of nitrogens with one attached hydrogen (secondary N) is 3. The molecular formula is C30H32F2N6O3S. The molecule has 2 unspecified atom stereocenters. The Bertz CT molecular complexity index is 1740. The summed E-state index contributed by atoms with van der Waals surface area (Å²) in [6.45, 7) is 5.05. The van der Waals surface area contributed by atoms with Crippen molar-refractivity contribution in [3.8, 4) is 22.9 Å². The molecule has 1 saturated heterocycles. The van der Waals surface area contributed by atoms with Crippen molar-refractivity contribution in [1.82, 2.24) is 20.3 Å². The molecule has 0 spiro atoms. The molecule has 42 heavy (non-hydrogen) atoms. The minimum Gasteiger partial charge on any atom is -0.437 e. The molecule has 2 aromatic carbocycles. The highest BCUT2D eigenvalue weighted by molar-refractivity contribution is 7.92. The lowest BCUT2D eigenvalue weighted by Gasteiger charge is -2.23. The average Bonchev–Trinajstić information content (AvgIpc) is 3.56. The van der Waals surface area contributed by atoms with Crippen molar-refractivity contribution in [2.75, 3.05) is 28.9 Å². The fourth-order valence-electron chi connectivity index (χ4n) is 5.32. The number of sulfonamides is 1. The Morgan fingerprint density at radius 2 is 1.93 bits per heavy atom. The Balaban J connectivity index is 1.32. The van der Waals surface area contributed by atoms with Crippen LogP contribution in [0.25, 0.3) is 22.0 Å². The number of hydrogen-bond donors (Lipinski definition) is 3. The van der Waals surface area contributed by atoms with Gasteiger partial charge in [0, 0.05) is 41.7 Å². The van der Waals surface area contributed by atoms with Gasteiger partial charge in [-0.05, 0) is 75.5 Å². The van der Waals surface area contributed by atoms with E-state index < -0.39 is 33.2 Å². The highest BCUT2D eigenvalue weighted by Gasteiger charge is 2.52. The minimum atomic E-state index is -4.00. The average molecular weight is 595 g/mol. The molecule has 3 N–H and O–H groups in total. The van der Waals surface area contributed by atoms with Crippen LogP contribution in [0.1, 0.15) is 31.7 Å². The zero-order valence-corrected chi connectivity index (χ0v) is 24.1. The van der Waals surface area contributed by atoms with E-state index >= 15 is 4.39 Å². The number of hydrogen-bond acceptors (Lipinski definition) is 8. The van der Waals surface area contributed by atoms with E-state index in [9.17, 15) is 12.8 Å². The van der Waals surface area contributed by atoms with Crippen molar-refractivity contribution in [3.05, 3.63) is 66.2 Å². The predicted octanol–water partition coefficient (Wildman–Crippen LogP) is 5.59. The Hall–Kier alpha value is -3.90. The van der Waals surface area contributed by atoms with E-state index in [1.165, 1.54) is 19.1 Å². The fourth-order valence-corrected chi connectivity index (χ4v) is 6.91. The fraction of sp³-hybridized carbons (Fsp3) is 0.367. The van der Waals surface area contributed by atoms with Crippen LogP contribution in [-0.4, -0.2) is 53.9 Å². The van der Waals surface area contributed by atoms with Crippen molar-refractivity contribution in [2.45, 2.75) is 44.8 Å². The van der Waals surface area contributed by atoms with E-state index in [1.807, 2.05) is 13.0 Å². The van der Waals surface area contributed by atoms with Gasteiger partial charge in [-0.2, -0.15) is 0 Å². The molecule has 3 heterocycles. The van der Waals surface area contributed by atoms with Crippen LogP contribution in [0.5, 0.6) is 11.6 Å². The predicted molar refractivity (Wildman–Crippen MR) is 159 cm³/mol. The summed E-state index contributed by atoms with van der Waals surface area (Å²) in [6.07, 6.45) is 5.54.